The molecule has 3 nitrogen and oxygen atoms in total. The van der Waals surface area contributed by atoms with E-state index in [0.717, 1.165) is 11.5 Å². The Morgan fingerprint density at radius 2 is 1.65 bits per heavy atom. The second-order valence-electron chi connectivity index (χ2n) is 4.78. The number of hydrogen-bond acceptors (Lipinski definition) is 4. The standard InChI is InChI=1S/C16H21NO2S/c1-11(17-12(2)14-7-8-20-10-14)13-5-6-15(18-3)16(9-13)19-4/h5-12,17H,1-4H3. The predicted octanol–water partition coefficient (Wildman–Crippen LogP) is 4.18. The van der Waals surface area contributed by atoms with Gasteiger partial charge in [-0.1, -0.05) is 6.07 Å². The van der Waals surface area contributed by atoms with Crippen LogP contribution < -0.4 is 14.8 Å². The monoisotopic (exact) mass is 291 g/mol. The molecule has 0 spiro atoms. The van der Waals surface area contributed by atoms with Crippen LogP contribution in [0.25, 0.3) is 0 Å². The summed E-state index contributed by atoms with van der Waals surface area (Å²) in [6, 6.07) is 8.76. The van der Waals surface area contributed by atoms with Crippen LogP contribution in [-0.2, 0) is 0 Å². The second-order valence-corrected chi connectivity index (χ2v) is 5.56. The molecule has 1 aromatic carbocycles. The van der Waals surface area contributed by atoms with E-state index in [0.29, 0.717) is 6.04 Å². The van der Waals surface area contributed by atoms with Gasteiger partial charge < -0.3 is 14.8 Å². The Bertz CT molecular complexity index is 539. The van der Waals surface area contributed by atoms with Crippen molar-refractivity contribution >= 4 is 11.3 Å². The fourth-order valence-corrected chi connectivity index (χ4v) is 2.97. The summed E-state index contributed by atoms with van der Waals surface area (Å²) in [5.41, 5.74) is 2.51. The van der Waals surface area contributed by atoms with Crippen molar-refractivity contribution in [3.8, 4) is 11.5 Å². The molecule has 0 aliphatic heterocycles. The summed E-state index contributed by atoms with van der Waals surface area (Å²) in [4.78, 5) is 0. The van der Waals surface area contributed by atoms with Crippen molar-refractivity contribution in [3.63, 3.8) is 0 Å². The Morgan fingerprint density at radius 3 is 2.25 bits per heavy atom. The lowest BCUT2D eigenvalue weighted by atomic mass is 10.1. The van der Waals surface area contributed by atoms with Crippen LogP contribution in [-0.4, -0.2) is 14.2 Å². The molecule has 0 aliphatic carbocycles. The Labute approximate surface area is 124 Å². The van der Waals surface area contributed by atoms with E-state index in [4.69, 9.17) is 9.47 Å². The molecular weight excluding hydrogens is 270 g/mol. The highest BCUT2D eigenvalue weighted by Crippen LogP contribution is 2.30. The highest BCUT2D eigenvalue weighted by Gasteiger charge is 2.13. The summed E-state index contributed by atoms with van der Waals surface area (Å²) in [7, 11) is 3.31. The average Bonchev–Trinajstić information content (AvgIpc) is 3.00. The predicted molar refractivity (Wildman–Crippen MR) is 83.8 cm³/mol. The van der Waals surface area contributed by atoms with E-state index in [1.807, 2.05) is 12.1 Å². The number of ether oxygens (including phenoxy) is 2. The number of benzene rings is 1. The molecule has 2 aromatic rings. The highest BCUT2D eigenvalue weighted by molar-refractivity contribution is 7.07. The van der Waals surface area contributed by atoms with E-state index in [-0.39, 0.29) is 6.04 Å². The lowest BCUT2D eigenvalue weighted by molar-refractivity contribution is 0.353. The first-order valence-electron chi connectivity index (χ1n) is 6.65. The summed E-state index contributed by atoms with van der Waals surface area (Å²) >= 11 is 1.73. The van der Waals surface area contributed by atoms with Crippen LogP contribution in [0.3, 0.4) is 0 Å². The number of nitrogens with one attached hydrogen (secondary N) is 1. The first kappa shape index (κ1) is 14.9. The highest BCUT2D eigenvalue weighted by atomic mass is 32.1. The van der Waals surface area contributed by atoms with Crippen LogP contribution >= 0.6 is 11.3 Å². The van der Waals surface area contributed by atoms with Crippen molar-refractivity contribution < 1.29 is 9.47 Å². The van der Waals surface area contributed by atoms with E-state index in [1.165, 1.54) is 11.1 Å². The smallest absolute Gasteiger partial charge is 0.161 e. The number of methoxy groups -OCH3 is 2. The van der Waals surface area contributed by atoms with Gasteiger partial charge in [-0.05, 0) is 53.9 Å². The van der Waals surface area contributed by atoms with Crippen molar-refractivity contribution in [3.05, 3.63) is 46.2 Å². The van der Waals surface area contributed by atoms with E-state index < -0.39 is 0 Å². The number of thiophene rings is 1. The van der Waals surface area contributed by atoms with Gasteiger partial charge in [0.05, 0.1) is 14.2 Å². The fourth-order valence-electron chi connectivity index (χ4n) is 2.21. The van der Waals surface area contributed by atoms with Gasteiger partial charge in [0.25, 0.3) is 0 Å². The zero-order valence-corrected chi connectivity index (χ0v) is 13.2. The molecule has 4 heteroatoms. The van der Waals surface area contributed by atoms with Gasteiger partial charge in [0, 0.05) is 12.1 Å². The molecule has 0 saturated carbocycles. The molecule has 0 bridgehead atoms. The maximum Gasteiger partial charge on any atom is 0.161 e. The number of hydrogen-bond donors (Lipinski definition) is 1. The molecule has 108 valence electrons. The Hall–Kier alpha value is -1.52. The Balaban J connectivity index is 2.11. The third kappa shape index (κ3) is 3.32. The molecule has 1 heterocycles. The van der Waals surface area contributed by atoms with E-state index in [2.05, 4.69) is 42.1 Å². The summed E-state index contributed by atoms with van der Waals surface area (Å²) in [5.74, 6) is 1.52. The van der Waals surface area contributed by atoms with E-state index in [9.17, 15) is 0 Å². The molecule has 20 heavy (non-hydrogen) atoms. The molecule has 0 radical (unpaired) electrons. The van der Waals surface area contributed by atoms with Gasteiger partial charge in [0.15, 0.2) is 11.5 Å². The van der Waals surface area contributed by atoms with Crippen LogP contribution in [0.15, 0.2) is 35.0 Å². The summed E-state index contributed by atoms with van der Waals surface area (Å²) in [5, 5.41) is 7.88. The van der Waals surface area contributed by atoms with Crippen LogP contribution in [0, 0.1) is 0 Å². The third-order valence-electron chi connectivity index (χ3n) is 3.45. The number of rotatable bonds is 6. The SMILES string of the molecule is COc1ccc(C(C)NC(C)c2ccsc2)cc1OC. The molecule has 1 N–H and O–H groups in total. The van der Waals surface area contributed by atoms with Gasteiger partial charge >= 0.3 is 0 Å². The summed E-state index contributed by atoms with van der Waals surface area (Å²) < 4.78 is 10.6. The summed E-state index contributed by atoms with van der Waals surface area (Å²) in [6.45, 7) is 4.34. The van der Waals surface area contributed by atoms with Crippen molar-refractivity contribution in [2.45, 2.75) is 25.9 Å². The first-order valence-corrected chi connectivity index (χ1v) is 7.60. The maximum atomic E-state index is 5.35. The normalized spacial score (nSPS) is 13.8. The van der Waals surface area contributed by atoms with Gasteiger partial charge in [-0.2, -0.15) is 11.3 Å². The van der Waals surface area contributed by atoms with Crippen LogP contribution in [0.2, 0.25) is 0 Å². The van der Waals surface area contributed by atoms with E-state index >= 15 is 0 Å². The molecule has 2 rings (SSSR count). The largest absolute Gasteiger partial charge is 0.493 e. The maximum absolute atomic E-state index is 5.35. The van der Waals surface area contributed by atoms with Gasteiger partial charge in [-0.15, -0.1) is 0 Å². The minimum absolute atomic E-state index is 0.240. The van der Waals surface area contributed by atoms with E-state index in [1.54, 1.807) is 25.6 Å². The third-order valence-corrected chi connectivity index (χ3v) is 4.15. The zero-order chi connectivity index (χ0) is 14.5. The molecule has 0 aliphatic rings. The van der Waals surface area contributed by atoms with Crippen LogP contribution in [0.1, 0.15) is 37.1 Å². The van der Waals surface area contributed by atoms with Crippen molar-refractivity contribution in [1.82, 2.24) is 5.32 Å². The average molecular weight is 291 g/mol. The van der Waals surface area contributed by atoms with Crippen molar-refractivity contribution in [2.75, 3.05) is 14.2 Å². The summed E-state index contributed by atoms with van der Waals surface area (Å²) in [6.07, 6.45) is 0. The molecule has 1 aromatic heterocycles. The van der Waals surface area contributed by atoms with Gasteiger partial charge in [-0.3, -0.25) is 0 Å². The van der Waals surface area contributed by atoms with Gasteiger partial charge in [-0.25, -0.2) is 0 Å². The Morgan fingerprint density at radius 1 is 0.950 bits per heavy atom. The quantitative estimate of drug-likeness (QED) is 0.866. The minimum Gasteiger partial charge on any atom is -0.493 e. The van der Waals surface area contributed by atoms with Crippen LogP contribution in [0.4, 0.5) is 0 Å². The fraction of sp³-hybridized carbons (Fsp3) is 0.375. The second kappa shape index (κ2) is 6.77. The molecule has 0 saturated heterocycles. The molecule has 2 unspecified atom stereocenters. The minimum atomic E-state index is 0.240. The lowest BCUT2D eigenvalue weighted by Crippen LogP contribution is -2.22. The molecule has 0 fully saturated rings. The first-order chi connectivity index (χ1) is 9.65. The van der Waals surface area contributed by atoms with Crippen LogP contribution in [0.5, 0.6) is 11.5 Å². The topological polar surface area (TPSA) is 30.5 Å². The van der Waals surface area contributed by atoms with Gasteiger partial charge in [0.1, 0.15) is 0 Å². The molecule has 0 amide bonds. The lowest BCUT2D eigenvalue weighted by Gasteiger charge is -2.21. The molecular formula is C16H21NO2S. The van der Waals surface area contributed by atoms with Crippen molar-refractivity contribution in [1.29, 1.82) is 0 Å². The van der Waals surface area contributed by atoms with Crippen molar-refractivity contribution in [2.24, 2.45) is 0 Å². The molecule has 2 atom stereocenters. The Kier molecular flexibility index (Phi) is 5.04. The zero-order valence-electron chi connectivity index (χ0n) is 12.3. The van der Waals surface area contributed by atoms with Gasteiger partial charge in [0.2, 0.25) is 0 Å².